The van der Waals surface area contributed by atoms with E-state index in [1.54, 1.807) is 19.1 Å². The van der Waals surface area contributed by atoms with Gasteiger partial charge in [0.05, 0.1) is 11.7 Å². The summed E-state index contributed by atoms with van der Waals surface area (Å²) in [6, 6.07) is 11.2. The topological polar surface area (TPSA) is 64.0 Å². The smallest absolute Gasteiger partial charge is 0.263 e. The summed E-state index contributed by atoms with van der Waals surface area (Å²) >= 11 is 1.41. The maximum atomic E-state index is 13.5. The highest BCUT2D eigenvalue weighted by Gasteiger charge is 2.22. The first-order valence-corrected chi connectivity index (χ1v) is 11.3. The summed E-state index contributed by atoms with van der Waals surface area (Å²) in [4.78, 5) is 32.5. The first-order chi connectivity index (χ1) is 15.3. The van der Waals surface area contributed by atoms with Crippen LogP contribution in [0, 0.1) is 19.7 Å². The van der Waals surface area contributed by atoms with Gasteiger partial charge in [0.25, 0.3) is 5.56 Å². The molecule has 4 aromatic rings. The Hall–Kier alpha value is -3.32. The standard InChI is InChI=1S/C25H24FN3O2S/c1-5-17-8-6-7-14(2)22(17)28-23(30)15(3)29-13-27-24-21(25(29)31)20(16(4)32-24)18-9-11-19(26)12-10-18/h6-13,15H,5H2,1-4H3,(H,28,30). The number of halogens is 1. The van der Waals surface area contributed by atoms with Crippen molar-refractivity contribution >= 4 is 33.1 Å². The molecule has 0 aliphatic carbocycles. The van der Waals surface area contributed by atoms with Gasteiger partial charge in [0.15, 0.2) is 0 Å². The number of hydrogen-bond acceptors (Lipinski definition) is 4. The summed E-state index contributed by atoms with van der Waals surface area (Å²) in [7, 11) is 0. The molecule has 5 nitrogen and oxygen atoms in total. The molecule has 7 heteroatoms. The second-order valence-corrected chi connectivity index (χ2v) is 9.01. The number of rotatable bonds is 5. The molecular formula is C25H24FN3O2S. The van der Waals surface area contributed by atoms with E-state index in [2.05, 4.69) is 10.3 Å². The van der Waals surface area contributed by atoms with E-state index >= 15 is 0 Å². The largest absolute Gasteiger partial charge is 0.324 e. The maximum absolute atomic E-state index is 13.5. The summed E-state index contributed by atoms with van der Waals surface area (Å²) in [5.41, 5.74) is 3.98. The van der Waals surface area contributed by atoms with Crippen molar-refractivity contribution in [1.29, 1.82) is 0 Å². The number of amides is 1. The summed E-state index contributed by atoms with van der Waals surface area (Å²) in [6.07, 6.45) is 2.21. The van der Waals surface area contributed by atoms with Crippen molar-refractivity contribution in [3.8, 4) is 11.1 Å². The Labute approximate surface area is 189 Å². The number of hydrogen-bond donors (Lipinski definition) is 1. The molecule has 1 unspecified atom stereocenters. The molecule has 0 aliphatic rings. The van der Waals surface area contributed by atoms with Crippen LogP contribution in [0.3, 0.4) is 0 Å². The summed E-state index contributed by atoms with van der Waals surface area (Å²) in [5, 5.41) is 3.45. The zero-order valence-corrected chi connectivity index (χ0v) is 19.2. The van der Waals surface area contributed by atoms with Crippen molar-refractivity contribution in [3.05, 3.63) is 81.0 Å². The summed E-state index contributed by atoms with van der Waals surface area (Å²) in [6.45, 7) is 7.58. The lowest BCUT2D eigenvalue weighted by Crippen LogP contribution is -2.32. The lowest BCUT2D eigenvalue weighted by molar-refractivity contribution is -0.118. The van der Waals surface area contributed by atoms with Crippen LogP contribution >= 0.6 is 11.3 Å². The number of fused-ring (bicyclic) bond motifs is 1. The van der Waals surface area contributed by atoms with Crippen LogP contribution in [0.25, 0.3) is 21.3 Å². The van der Waals surface area contributed by atoms with E-state index in [-0.39, 0.29) is 17.3 Å². The molecule has 1 N–H and O–H groups in total. The number of aromatic nitrogens is 2. The number of para-hydroxylation sites is 1. The van der Waals surface area contributed by atoms with Gasteiger partial charge in [-0.1, -0.05) is 37.3 Å². The van der Waals surface area contributed by atoms with Crippen LogP contribution in [0.5, 0.6) is 0 Å². The molecule has 0 aliphatic heterocycles. The fourth-order valence-electron chi connectivity index (χ4n) is 3.91. The van der Waals surface area contributed by atoms with Gasteiger partial charge in [0.1, 0.15) is 16.7 Å². The molecule has 2 aromatic heterocycles. The van der Waals surface area contributed by atoms with Crippen molar-refractivity contribution in [2.24, 2.45) is 0 Å². The Bertz CT molecular complexity index is 1370. The van der Waals surface area contributed by atoms with E-state index in [4.69, 9.17) is 0 Å². The molecular weight excluding hydrogens is 425 g/mol. The fraction of sp³-hybridized carbons (Fsp3) is 0.240. The minimum absolute atomic E-state index is 0.285. The molecule has 0 radical (unpaired) electrons. The minimum atomic E-state index is -0.759. The molecule has 0 saturated heterocycles. The predicted molar refractivity (Wildman–Crippen MR) is 128 cm³/mol. The van der Waals surface area contributed by atoms with E-state index in [0.717, 1.165) is 39.2 Å². The molecule has 0 fully saturated rings. The zero-order valence-electron chi connectivity index (χ0n) is 18.4. The van der Waals surface area contributed by atoms with Gasteiger partial charge in [-0.25, -0.2) is 9.37 Å². The van der Waals surface area contributed by atoms with Crippen molar-refractivity contribution in [3.63, 3.8) is 0 Å². The van der Waals surface area contributed by atoms with Crippen LogP contribution in [-0.2, 0) is 11.2 Å². The van der Waals surface area contributed by atoms with Gasteiger partial charge < -0.3 is 5.32 Å². The van der Waals surface area contributed by atoms with Gasteiger partial charge in [-0.2, -0.15) is 0 Å². The lowest BCUT2D eigenvalue weighted by Gasteiger charge is -2.18. The van der Waals surface area contributed by atoms with Crippen LogP contribution in [0.15, 0.2) is 53.6 Å². The first-order valence-electron chi connectivity index (χ1n) is 10.5. The first kappa shape index (κ1) is 21.9. The number of benzene rings is 2. The highest BCUT2D eigenvalue weighted by atomic mass is 32.1. The van der Waals surface area contributed by atoms with Crippen molar-refractivity contribution in [2.45, 2.75) is 40.2 Å². The van der Waals surface area contributed by atoms with Crippen LogP contribution in [-0.4, -0.2) is 15.5 Å². The van der Waals surface area contributed by atoms with E-state index in [0.29, 0.717) is 10.2 Å². The third kappa shape index (κ3) is 3.84. The molecule has 1 amide bonds. The number of nitrogens with one attached hydrogen (secondary N) is 1. The van der Waals surface area contributed by atoms with E-state index < -0.39 is 6.04 Å². The van der Waals surface area contributed by atoms with E-state index in [1.165, 1.54) is 34.4 Å². The summed E-state index contributed by atoms with van der Waals surface area (Å²) < 4.78 is 14.8. The quantitative estimate of drug-likeness (QED) is 0.429. The van der Waals surface area contributed by atoms with Gasteiger partial charge in [0.2, 0.25) is 5.91 Å². The Morgan fingerprint density at radius 1 is 1.19 bits per heavy atom. The number of thiophene rings is 1. The molecule has 2 heterocycles. The normalized spacial score (nSPS) is 12.2. The second kappa shape index (κ2) is 8.67. The molecule has 4 rings (SSSR count). The Balaban J connectivity index is 1.76. The minimum Gasteiger partial charge on any atom is -0.324 e. The molecule has 164 valence electrons. The average molecular weight is 450 g/mol. The predicted octanol–water partition coefficient (Wildman–Crippen LogP) is 5.64. The maximum Gasteiger partial charge on any atom is 0.263 e. The number of anilines is 1. The third-order valence-corrected chi connectivity index (χ3v) is 6.74. The molecule has 1 atom stereocenters. The van der Waals surface area contributed by atoms with Crippen LogP contribution in [0.2, 0.25) is 0 Å². The highest BCUT2D eigenvalue weighted by molar-refractivity contribution is 7.19. The average Bonchev–Trinajstić information content (AvgIpc) is 3.12. The van der Waals surface area contributed by atoms with Gasteiger partial charge in [-0.3, -0.25) is 14.2 Å². The molecule has 0 saturated carbocycles. The van der Waals surface area contributed by atoms with Crippen molar-refractivity contribution in [1.82, 2.24) is 9.55 Å². The van der Waals surface area contributed by atoms with Gasteiger partial charge in [-0.05, 0) is 56.0 Å². The number of carbonyl (C=O) groups is 1. The lowest BCUT2D eigenvalue weighted by atomic mass is 10.0. The molecule has 2 aromatic carbocycles. The SMILES string of the molecule is CCc1cccc(C)c1NC(=O)C(C)n1cnc2sc(C)c(-c3ccc(F)cc3)c2c1=O. The van der Waals surface area contributed by atoms with E-state index in [9.17, 15) is 14.0 Å². The fourth-order valence-corrected chi connectivity index (χ4v) is 4.91. The van der Waals surface area contributed by atoms with Crippen molar-refractivity contribution < 1.29 is 9.18 Å². The highest BCUT2D eigenvalue weighted by Crippen LogP contribution is 2.35. The Kier molecular flexibility index (Phi) is 5.93. The van der Waals surface area contributed by atoms with Gasteiger partial charge in [0, 0.05) is 16.1 Å². The molecule has 0 bridgehead atoms. The van der Waals surface area contributed by atoms with Crippen LogP contribution < -0.4 is 10.9 Å². The monoisotopic (exact) mass is 449 g/mol. The third-order valence-electron chi connectivity index (χ3n) is 5.73. The van der Waals surface area contributed by atoms with Crippen LogP contribution in [0.4, 0.5) is 10.1 Å². The Morgan fingerprint density at radius 2 is 1.91 bits per heavy atom. The Morgan fingerprint density at radius 3 is 2.59 bits per heavy atom. The second-order valence-electron chi connectivity index (χ2n) is 7.81. The molecule has 0 spiro atoms. The van der Waals surface area contributed by atoms with Gasteiger partial charge >= 0.3 is 0 Å². The number of carbonyl (C=O) groups excluding carboxylic acids is 1. The van der Waals surface area contributed by atoms with Crippen molar-refractivity contribution in [2.75, 3.05) is 5.32 Å². The number of nitrogens with zero attached hydrogens (tertiary/aromatic N) is 2. The van der Waals surface area contributed by atoms with E-state index in [1.807, 2.05) is 39.0 Å². The molecule has 32 heavy (non-hydrogen) atoms. The number of aryl methyl sites for hydroxylation is 3. The van der Waals surface area contributed by atoms with Gasteiger partial charge in [-0.15, -0.1) is 11.3 Å². The summed E-state index contributed by atoms with van der Waals surface area (Å²) in [5.74, 6) is -0.623. The van der Waals surface area contributed by atoms with Crippen LogP contribution in [0.1, 0.15) is 35.9 Å². The zero-order chi connectivity index (χ0) is 23.0.